The number of carbonyl (C=O) groups is 2. The van der Waals surface area contributed by atoms with Crippen LogP contribution in [0, 0.1) is 0 Å². The molecule has 4 nitrogen and oxygen atoms in total. The van der Waals surface area contributed by atoms with E-state index < -0.39 is 0 Å². The van der Waals surface area contributed by atoms with Crippen molar-refractivity contribution >= 4 is 23.2 Å². The van der Waals surface area contributed by atoms with Crippen molar-refractivity contribution < 1.29 is 9.59 Å². The summed E-state index contributed by atoms with van der Waals surface area (Å²) in [6.45, 7) is 5.04. The normalized spacial score (nSPS) is 13.4. The minimum atomic E-state index is -0.104. The molecule has 2 aromatic rings. The molecule has 0 atom stereocenters. The summed E-state index contributed by atoms with van der Waals surface area (Å²) in [7, 11) is 0. The molecule has 1 aliphatic rings. The zero-order valence-electron chi connectivity index (χ0n) is 16.3. The van der Waals surface area contributed by atoms with Crippen LogP contribution < -0.4 is 10.2 Å². The molecule has 0 aliphatic carbocycles. The standard InChI is InChI=1S/C23H28N2O2/c1-3-5-15-25-21-13-12-20(16-19(21)11-14-22(25)26)24-23(27)18-9-7-17(6-4-2)8-10-18/h7-10,12-13,16H,3-6,11,14-15H2,1-2H3,(H,24,27). The van der Waals surface area contributed by atoms with Gasteiger partial charge in [-0.25, -0.2) is 0 Å². The first-order valence-corrected chi connectivity index (χ1v) is 9.96. The number of carbonyl (C=O) groups excluding carboxylic acids is 2. The summed E-state index contributed by atoms with van der Waals surface area (Å²) in [5.74, 6) is 0.0904. The topological polar surface area (TPSA) is 49.4 Å². The average Bonchev–Trinajstić information content (AvgIpc) is 2.68. The first-order valence-electron chi connectivity index (χ1n) is 9.96. The van der Waals surface area contributed by atoms with Crippen LogP contribution in [0.2, 0.25) is 0 Å². The molecule has 0 spiro atoms. The predicted molar refractivity (Wildman–Crippen MR) is 110 cm³/mol. The second-order valence-corrected chi connectivity index (χ2v) is 7.14. The zero-order valence-corrected chi connectivity index (χ0v) is 16.3. The molecule has 0 radical (unpaired) electrons. The van der Waals surface area contributed by atoms with E-state index in [9.17, 15) is 9.59 Å². The lowest BCUT2D eigenvalue weighted by atomic mass is 10.00. The summed E-state index contributed by atoms with van der Waals surface area (Å²) in [4.78, 5) is 26.7. The molecule has 0 aromatic heterocycles. The van der Waals surface area contributed by atoms with E-state index in [4.69, 9.17) is 0 Å². The Morgan fingerprint density at radius 1 is 1.04 bits per heavy atom. The first-order chi connectivity index (χ1) is 13.1. The number of unbranched alkanes of at least 4 members (excludes halogenated alkanes) is 1. The van der Waals surface area contributed by atoms with Crippen molar-refractivity contribution in [2.75, 3.05) is 16.8 Å². The van der Waals surface area contributed by atoms with Gasteiger partial charge in [0, 0.05) is 29.9 Å². The Kier molecular flexibility index (Phi) is 6.28. The van der Waals surface area contributed by atoms with Gasteiger partial charge in [0.15, 0.2) is 0 Å². The van der Waals surface area contributed by atoms with Gasteiger partial charge in [-0.15, -0.1) is 0 Å². The molecule has 3 rings (SSSR count). The van der Waals surface area contributed by atoms with Crippen LogP contribution in [-0.2, 0) is 17.6 Å². The highest BCUT2D eigenvalue weighted by Gasteiger charge is 2.23. The van der Waals surface area contributed by atoms with Gasteiger partial charge in [0.2, 0.25) is 5.91 Å². The fraction of sp³-hybridized carbons (Fsp3) is 0.391. The van der Waals surface area contributed by atoms with Gasteiger partial charge in [-0.2, -0.15) is 0 Å². The molecule has 0 fully saturated rings. The molecular weight excluding hydrogens is 336 g/mol. The molecule has 0 bridgehead atoms. The molecule has 27 heavy (non-hydrogen) atoms. The van der Waals surface area contributed by atoms with Gasteiger partial charge in [0.05, 0.1) is 0 Å². The van der Waals surface area contributed by atoms with E-state index in [1.54, 1.807) is 0 Å². The molecule has 0 saturated carbocycles. The van der Waals surface area contributed by atoms with E-state index in [0.29, 0.717) is 12.0 Å². The summed E-state index contributed by atoms with van der Waals surface area (Å²) in [6.07, 6.45) is 5.44. The Hall–Kier alpha value is -2.62. The number of amides is 2. The molecule has 142 valence electrons. The third-order valence-corrected chi connectivity index (χ3v) is 5.03. The lowest BCUT2D eigenvalue weighted by molar-refractivity contribution is -0.118. The third-order valence-electron chi connectivity index (χ3n) is 5.03. The van der Waals surface area contributed by atoms with Gasteiger partial charge in [-0.3, -0.25) is 9.59 Å². The zero-order chi connectivity index (χ0) is 19.2. The van der Waals surface area contributed by atoms with Crippen LogP contribution in [0.25, 0.3) is 0 Å². The fourth-order valence-corrected chi connectivity index (χ4v) is 3.51. The van der Waals surface area contributed by atoms with Gasteiger partial charge in [0.1, 0.15) is 0 Å². The molecule has 4 heteroatoms. The van der Waals surface area contributed by atoms with E-state index in [0.717, 1.165) is 55.6 Å². The molecule has 2 aromatic carbocycles. The second-order valence-electron chi connectivity index (χ2n) is 7.14. The summed E-state index contributed by atoms with van der Waals surface area (Å²) in [5, 5.41) is 2.99. The van der Waals surface area contributed by atoms with E-state index in [1.807, 2.05) is 47.4 Å². The van der Waals surface area contributed by atoms with Crippen LogP contribution in [0.15, 0.2) is 42.5 Å². The third kappa shape index (κ3) is 4.57. The highest BCUT2D eigenvalue weighted by atomic mass is 16.2. The first kappa shape index (κ1) is 19.2. The minimum absolute atomic E-state index is 0.104. The Morgan fingerprint density at radius 2 is 1.81 bits per heavy atom. The fourth-order valence-electron chi connectivity index (χ4n) is 3.51. The summed E-state index contributed by atoms with van der Waals surface area (Å²) in [5.41, 5.74) is 4.80. The van der Waals surface area contributed by atoms with Crippen LogP contribution in [0.3, 0.4) is 0 Å². The SMILES string of the molecule is CCCCN1C(=O)CCc2cc(NC(=O)c3ccc(CCC)cc3)ccc21. The number of fused-ring (bicyclic) bond motifs is 1. The lowest BCUT2D eigenvalue weighted by Gasteiger charge is -2.29. The van der Waals surface area contributed by atoms with E-state index in [2.05, 4.69) is 19.2 Å². The number of benzene rings is 2. The molecule has 2 amide bonds. The quantitative estimate of drug-likeness (QED) is 0.754. The largest absolute Gasteiger partial charge is 0.322 e. The van der Waals surface area contributed by atoms with Gasteiger partial charge in [-0.1, -0.05) is 38.8 Å². The van der Waals surface area contributed by atoms with Crippen LogP contribution in [0.5, 0.6) is 0 Å². The Morgan fingerprint density at radius 3 is 2.52 bits per heavy atom. The summed E-state index contributed by atoms with van der Waals surface area (Å²) >= 11 is 0. The van der Waals surface area contributed by atoms with Gasteiger partial charge in [-0.05, 0) is 60.7 Å². The maximum atomic E-state index is 12.5. The Bertz CT molecular complexity index is 812. The van der Waals surface area contributed by atoms with Gasteiger partial charge in [0.25, 0.3) is 5.91 Å². The van der Waals surface area contributed by atoms with Crippen molar-refractivity contribution in [1.29, 1.82) is 0 Å². The maximum Gasteiger partial charge on any atom is 0.255 e. The number of hydrogen-bond donors (Lipinski definition) is 1. The van der Waals surface area contributed by atoms with E-state index >= 15 is 0 Å². The van der Waals surface area contributed by atoms with Gasteiger partial charge < -0.3 is 10.2 Å². The number of anilines is 2. The van der Waals surface area contributed by atoms with E-state index in [-0.39, 0.29) is 11.8 Å². The maximum absolute atomic E-state index is 12.5. The van der Waals surface area contributed by atoms with Gasteiger partial charge >= 0.3 is 0 Å². The van der Waals surface area contributed by atoms with E-state index in [1.165, 1.54) is 5.56 Å². The monoisotopic (exact) mass is 364 g/mol. The number of nitrogens with one attached hydrogen (secondary N) is 1. The van der Waals surface area contributed by atoms with Crippen LogP contribution in [0.4, 0.5) is 11.4 Å². The van der Waals surface area contributed by atoms with Crippen LogP contribution in [-0.4, -0.2) is 18.4 Å². The van der Waals surface area contributed by atoms with Crippen molar-refractivity contribution in [3.05, 3.63) is 59.2 Å². The minimum Gasteiger partial charge on any atom is -0.322 e. The smallest absolute Gasteiger partial charge is 0.255 e. The molecule has 0 saturated heterocycles. The molecular formula is C23H28N2O2. The number of hydrogen-bond acceptors (Lipinski definition) is 2. The molecule has 1 aliphatic heterocycles. The second kappa shape index (κ2) is 8.85. The van der Waals surface area contributed by atoms with Crippen molar-refractivity contribution in [2.24, 2.45) is 0 Å². The van der Waals surface area contributed by atoms with Crippen molar-refractivity contribution in [2.45, 2.75) is 52.4 Å². The number of nitrogens with zero attached hydrogens (tertiary/aromatic N) is 1. The van der Waals surface area contributed by atoms with Crippen LogP contribution in [0.1, 0.15) is 61.0 Å². The average molecular weight is 364 g/mol. The number of aryl methyl sites for hydroxylation is 2. The Balaban J connectivity index is 1.73. The molecule has 0 unspecified atom stereocenters. The molecule has 1 heterocycles. The highest BCUT2D eigenvalue weighted by molar-refractivity contribution is 6.04. The summed E-state index contributed by atoms with van der Waals surface area (Å²) in [6, 6.07) is 13.6. The van der Waals surface area contributed by atoms with Crippen molar-refractivity contribution in [1.82, 2.24) is 0 Å². The predicted octanol–water partition coefficient (Wildman–Crippen LogP) is 4.97. The highest BCUT2D eigenvalue weighted by Crippen LogP contribution is 2.30. The number of rotatable bonds is 7. The lowest BCUT2D eigenvalue weighted by Crippen LogP contribution is -2.35. The molecule has 1 N–H and O–H groups in total. The van der Waals surface area contributed by atoms with Crippen LogP contribution >= 0.6 is 0 Å². The van der Waals surface area contributed by atoms with Crippen molar-refractivity contribution in [3.63, 3.8) is 0 Å². The summed E-state index contributed by atoms with van der Waals surface area (Å²) < 4.78 is 0. The van der Waals surface area contributed by atoms with Crippen molar-refractivity contribution in [3.8, 4) is 0 Å². The Labute approximate surface area is 161 Å².